The van der Waals surface area contributed by atoms with Gasteiger partial charge in [0.15, 0.2) is 0 Å². The third-order valence-electron chi connectivity index (χ3n) is 8.49. The molecule has 4 rings (SSSR count). The van der Waals surface area contributed by atoms with Gasteiger partial charge in [0.25, 0.3) is 0 Å². The molecule has 3 heteroatoms. The van der Waals surface area contributed by atoms with E-state index in [2.05, 4.69) is 27.7 Å². The zero-order chi connectivity index (χ0) is 17.0. The van der Waals surface area contributed by atoms with Crippen LogP contribution in [0.25, 0.3) is 0 Å². The molecule has 0 spiro atoms. The zero-order valence-corrected chi connectivity index (χ0v) is 16.4. The van der Waals surface area contributed by atoms with Gasteiger partial charge >= 0.3 is 0 Å². The van der Waals surface area contributed by atoms with E-state index in [9.17, 15) is 10.2 Å². The van der Waals surface area contributed by atoms with Gasteiger partial charge in [0.1, 0.15) is 0 Å². The predicted octanol–water partition coefficient (Wildman–Crippen LogP) is 4.09. The van der Waals surface area contributed by atoms with Crippen LogP contribution in [0, 0.1) is 34.5 Å². The molecule has 132 valence electrons. The maximum atomic E-state index is 11.0. The Morgan fingerprint density at radius 3 is 1.35 bits per heavy atom. The van der Waals surface area contributed by atoms with Crippen LogP contribution < -0.4 is 0 Å². The van der Waals surface area contributed by atoms with Crippen LogP contribution in [0.5, 0.6) is 0 Å². The van der Waals surface area contributed by atoms with Crippen molar-refractivity contribution in [1.82, 2.24) is 0 Å². The van der Waals surface area contributed by atoms with E-state index >= 15 is 0 Å². The maximum absolute atomic E-state index is 11.0. The van der Waals surface area contributed by atoms with Crippen LogP contribution in [0.1, 0.15) is 67.2 Å². The third kappa shape index (κ3) is 2.36. The molecule has 4 fully saturated rings. The van der Waals surface area contributed by atoms with E-state index in [1.54, 1.807) is 0 Å². The van der Waals surface area contributed by atoms with Crippen LogP contribution in [0.2, 0.25) is 0 Å². The van der Waals surface area contributed by atoms with Crippen LogP contribution >= 0.6 is 11.8 Å². The molecular formula is C20H34O2S. The molecule has 0 saturated heterocycles. The van der Waals surface area contributed by atoms with E-state index in [4.69, 9.17) is 0 Å². The molecule has 0 aromatic rings. The van der Waals surface area contributed by atoms with Crippen LogP contribution in [-0.2, 0) is 0 Å². The normalized spacial score (nSPS) is 59.0. The summed E-state index contributed by atoms with van der Waals surface area (Å²) in [5.41, 5.74) is -0.326. The lowest BCUT2D eigenvalue weighted by molar-refractivity contribution is 0.0154. The van der Waals surface area contributed by atoms with E-state index in [0.29, 0.717) is 22.7 Å². The summed E-state index contributed by atoms with van der Waals surface area (Å²) in [4.78, 5) is 0. The van der Waals surface area contributed by atoms with Crippen molar-refractivity contribution in [2.45, 2.75) is 88.9 Å². The summed E-state index contributed by atoms with van der Waals surface area (Å²) in [5.74, 6) is 2.96. The molecule has 4 aliphatic carbocycles. The van der Waals surface area contributed by atoms with Crippen molar-refractivity contribution >= 4 is 11.8 Å². The van der Waals surface area contributed by atoms with Gasteiger partial charge in [0, 0.05) is 10.5 Å². The van der Waals surface area contributed by atoms with Crippen molar-refractivity contribution in [2.75, 3.05) is 0 Å². The van der Waals surface area contributed by atoms with Crippen LogP contribution in [0.15, 0.2) is 0 Å². The van der Waals surface area contributed by atoms with E-state index in [1.807, 2.05) is 25.6 Å². The second-order valence-corrected chi connectivity index (χ2v) is 12.2. The Labute approximate surface area is 145 Å². The average molecular weight is 339 g/mol. The van der Waals surface area contributed by atoms with E-state index in [1.165, 1.54) is 0 Å². The van der Waals surface area contributed by atoms with Crippen LogP contribution in [0.3, 0.4) is 0 Å². The molecule has 0 amide bonds. The Balaban J connectivity index is 1.49. The molecule has 23 heavy (non-hydrogen) atoms. The van der Waals surface area contributed by atoms with Gasteiger partial charge in [-0.3, -0.25) is 0 Å². The summed E-state index contributed by atoms with van der Waals surface area (Å²) in [7, 11) is 0. The number of fused-ring (bicyclic) bond motifs is 2. The zero-order valence-electron chi connectivity index (χ0n) is 15.6. The molecule has 0 radical (unpaired) electrons. The summed E-state index contributed by atoms with van der Waals surface area (Å²) >= 11 is 1.92. The van der Waals surface area contributed by atoms with Gasteiger partial charge in [-0.15, -0.1) is 11.8 Å². The molecule has 0 unspecified atom stereocenters. The summed E-state index contributed by atoms with van der Waals surface area (Å²) in [5, 5.41) is 22.6. The molecule has 4 saturated carbocycles. The summed E-state index contributed by atoms with van der Waals surface area (Å²) in [6, 6.07) is 0. The first-order valence-electron chi connectivity index (χ1n) is 9.47. The molecule has 2 N–H and O–H groups in total. The molecule has 4 aliphatic rings. The predicted molar refractivity (Wildman–Crippen MR) is 96.4 cm³/mol. The van der Waals surface area contributed by atoms with Gasteiger partial charge in [0.2, 0.25) is 0 Å². The lowest BCUT2D eigenvalue weighted by Gasteiger charge is -2.43. The highest BCUT2D eigenvalue weighted by Gasteiger charge is 2.66. The molecule has 0 aromatic heterocycles. The van der Waals surface area contributed by atoms with Crippen molar-refractivity contribution in [3.05, 3.63) is 0 Å². The second-order valence-electron chi connectivity index (χ2n) is 10.8. The number of hydrogen-bond acceptors (Lipinski definition) is 3. The molecule has 0 aliphatic heterocycles. The summed E-state index contributed by atoms with van der Waals surface area (Å²) < 4.78 is 0. The van der Waals surface area contributed by atoms with Crippen molar-refractivity contribution in [1.29, 1.82) is 0 Å². The third-order valence-corrected chi connectivity index (χ3v) is 10.6. The second kappa shape index (κ2) is 4.51. The van der Waals surface area contributed by atoms with Crippen molar-refractivity contribution in [3.63, 3.8) is 0 Å². The first kappa shape index (κ1) is 16.7. The van der Waals surface area contributed by atoms with E-state index in [0.717, 1.165) is 37.5 Å². The largest absolute Gasteiger partial charge is 0.389 e. The Morgan fingerprint density at radius 2 is 1.00 bits per heavy atom. The molecular weight excluding hydrogens is 304 g/mol. The fraction of sp³-hybridized carbons (Fsp3) is 1.00. The van der Waals surface area contributed by atoms with Crippen molar-refractivity contribution < 1.29 is 10.2 Å². The lowest BCUT2D eigenvalue weighted by atomic mass is 9.85. The standard InChI is InChI=1S/C20H34O2S/c1-17(2)11-7-15(19(5,21)9-13(11)17)23-16-8-12-14(18(12,3)4)10-20(16,6)22/h11-16,21-22H,7-10H2,1-6H3/t11-,12+,13+,14-,15-,16+,19-,20-/m0/s1. The SMILES string of the molecule is CC1(C)[C@@H]2C[C@](C)(O)[C@@H](S[C@@H]3C[C@@H]4[C@H](C[C@]3(C)O)C4(C)C)C[C@@H]21. The number of hydrogen-bond donors (Lipinski definition) is 2. The van der Waals surface area contributed by atoms with Gasteiger partial charge in [-0.05, 0) is 74.0 Å². The molecule has 0 heterocycles. The Morgan fingerprint density at radius 1 is 0.652 bits per heavy atom. The highest BCUT2D eigenvalue weighted by atomic mass is 32.2. The van der Waals surface area contributed by atoms with Gasteiger partial charge in [-0.1, -0.05) is 27.7 Å². The molecule has 8 atom stereocenters. The van der Waals surface area contributed by atoms with Crippen molar-refractivity contribution in [3.8, 4) is 0 Å². The minimum Gasteiger partial charge on any atom is -0.389 e. The minimum atomic E-state index is -0.578. The smallest absolute Gasteiger partial charge is 0.0741 e. The van der Waals surface area contributed by atoms with Gasteiger partial charge < -0.3 is 10.2 Å². The average Bonchev–Trinajstić information content (AvgIpc) is 3.10. The first-order chi connectivity index (χ1) is 10.4. The number of aliphatic hydroxyl groups is 2. The van der Waals surface area contributed by atoms with Crippen LogP contribution in [-0.4, -0.2) is 31.9 Å². The minimum absolute atomic E-state index is 0.278. The van der Waals surface area contributed by atoms with E-state index in [-0.39, 0.29) is 10.5 Å². The highest BCUT2D eigenvalue weighted by molar-refractivity contribution is 8.00. The summed E-state index contributed by atoms with van der Waals surface area (Å²) in [6.45, 7) is 13.5. The Hall–Kier alpha value is 0.270. The Kier molecular flexibility index (Phi) is 3.28. The van der Waals surface area contributed by atoms with Crippen LogP contribution in [0.4, 0.5) is 0 Å². The fourth-order valence-corrected chi connectivity index (χ4v) is 8.00. The number of rotatable bonds is 2. The van der Waals surface area contributed by atoms with Gasteiger partial charge in [0.05, 0.1) is 11.2 Å². The first-order valence-corrected chi connectivity index (χ1v) is 10.4. The van der Waals surface area contributed by atoms with E-state index < -0.39 is 11.2 Å². The molecule has 0 bridgehead atoms. The molecule has 0 aromatic carbocycles. The maximum Gasteiger partial charge on any atom is 0.0741 e. The topological polar surface area (TPSA) is 40.5 Å². The molecule has 2 nitrogen and oxygen atoms in total. The van der Waals surface area contributed by atoms with Gasteiger partial charge in [-0.25, -0.2) is 0 Å². The number of thioether (sulfide) groups is 1. The summed E-state index contributed by atoms with van der Waals surface area (Å²) in [6.07, 6.45) is 4.13. The van der Waals surface area contributed by atoms with Crippen molar-refractivity contribution in [2.24, 2.45) is 34.5 Å². The monoisotopic (exact) mass is 338 g/mol. The Bertz CT molecular complexity index is 476. The lowest BCUT2D eigenvalue weighted by Crippen LogP contribution is -2.47. The van der Waals surface area contributed by atoms with Gasteiger partial charge in [-0.2, -0.15) is 0 Å². The fourth-order valence-electron chi connectivity index (χ4n) is 6.19. The highest BCUT2D eigenvalue weighted by Crippen LogP contribution is 2.70. The quantitative estimate of drug-likeness (QED) is 0.797.